The Bertz CT molecular complexity index is 546. The zero-order chi connectivity index (χ0) is 11.5. The first-order valence-electron chi connectivity index (χ1n) is 4.60. The van der Waals surface area contributed by atoms with E-state index in [4.69, 9.17) is 16.3 Å². The number of nitrogens with one attached hydrogen (secondary N) is 1. The third-order valence-electron chi connectivity index (χ3n) is 2.12. The number of aromatic amines is 1. The average Bonchev–Trinajstić information content (AvgIpc) is 2.30. The van der Waals surface area contributed by atoms with Crippen molar-refractivity contribution in [3.05, 3.63) is 45.7 Å². The van der Waals surface area contributed by atoms with E-state index in [0.29, 0.717) is 16.5 Å². The van der Waals surface area contributed by atoms with Gasteiger partial charge in [0.2, 0.25) is 0 Å². The maximum absolute atomic E-state index is 10.9. The van der Waals surface area contributed by atoms with Crippen molar-refractivity contribution < 1.29 is 4.74 Å². The number of benzene rings is 1. The van der Waals surface area contributed by atoms with Crippen molar-refractivity contribution in [1.82, 2.24) is 10.2 Å². The van der Waals surface area contributed by atoms with Gasteiger partial charge >= 0.3 is 0 Å². The van der Waals surface area contributed by atoms with Gasteiger partial charge in [0, 0.05) is 16.7 Å². The molecule has 1 aromatic carbocycles. The van der Waals surface area contributed by atoms with E-state index in [2.05, 4.69) is 10.2 Å². The second-order valence-electron chi connectivity index (χ2n) is 3.15. The lowest BCUT2D eigenvalue weighted by molar-refractivity contribution is 0.416. The molecule has 0 aliphatic rings. The van der Waals surface area contributed by atoms with E-state index in [1.165, 1.54) is 6.07 Å². The number of H-pyrrole nitrogens is 1. The van der Waals surface area contributed by atoms with Gasteiger partial charge in [0.1, 0.15) is 5.75 Å². The molecule has 0 fully saturated rings. The monoisotopic (exact) mass is 236 g/mol. The molecule has 0 saturated carbocycles. The van der Waals surface area contributed by atoms with Crippen molar-refractivity contribution in [3.63, 3.8) is 0 Å². The van der Waals surface area contributed by atoms with E-state index in [-0.39, 0.29) is 5.56 Å². The Labute approximate surface area is 96.8 Å². The molecule has 0 aliphatic heterocycles. The first-order valence-corrected chi connectivity index (χ1v) is 4.98. The third-order valence-corrected chi connectivity index (χ3v) is 2.35. The lowest BCUT2D eigenvalue weighted by Crippen LogP contribution is -2.05. The van der Waals surface area contributed by atoms with Gasteiger partial charge in [0.05, 0.1) is 12.8 Å². The van der Waals surface area contributed by atoms with Crippen LogP contribution < -0.4 is 10.3 Å². The minimum atomic E-state index is -0.246. The number of rotatable bonds is 2. The summed E-state index contributed by atoms with van der Waals surface area (Å²) in [5.41, 5.74) is 1.11. The van der Waals surface area contributed by atoms with Crippen molar-refractivity contribution in [2.24, 2.45) is 0 Å². The summed E-state index contributed by atoms with van der Waals surface area (Å²) in [6, 6.07) is 8.25. The van der Waals surface area contributed by atoms with Gasteiger partial charge in [-0.15, -0.1) is 0 Å². The van der Waals surface area contributed by atoms with Gasteiger partial charge in [0.25, 0.3) is 5.56 Å². The summed E-state index contributed by atoms with van der Waals surface area (Å²) in [5.74, 6) is 0.656. The second-order valence-corrected chi connectivity index (χ2v) is 3.59. The van der Waals surface area contributed by atoms with Crippen molar-refractivity contribution >= 4 is 11.6 Å². The molecule has 0 aliphatic carbocycles. The molecular weight excluding hydrogens is 228 g/mol. The largest absolute Gasteiger partial charge is 0.496 e. The van der Waals surface area contributed by atoms with Crippen LogP contribution >= 0.6 is 11.6 Å². The number of halogens is 1. The maximum atomic E-state index is 10.9. The molecule has 0 bridgehead atoms. The van der Waals surface area contributed by atoms with Crippen molar-refractivity contribution in [1.29, 1.82) is 0 Å². The smallest absolute Gasteiger partial charge is 0.264 e. The van der Waals surface area contributed by atoms with E-state index >= 15 is 0 Å². The molecule has 4 nitrogen and oxygen atoms in total. The zero-order valence-corrected chi connectivity index (χ0v) is 9.28. The standard InChI is InChI=1S/C11H9ClN2O2/c1-16-10-4-2-7(12)6-8(10)9-3-5-11(15)14-13-9/h2-6H,1H3,(H,14,15). The highest BCUT2D eigenvalue weighted by atomic mass is 35.5. The van der Waals surface area contributed by atoms with Gasteiger partial charge in [-0.1, -0.05) is 11.6 Å². The van der Waals surface area contributed by atoms with Gasteiger partial charge < -0.3 is 4.74 Å². The summed E-state index contributed by atoms with van der Waals surface area (Å²) in [5, 5.41) is 6.87. The minimum absolute atomic E-state index is 0.246. The van der Waals surface area contributed by atoms with Gasteiger partial charge in [-0.2, -0.15) is 5.10 Å². The molecule has 0 spiro atoms. The van der Waals surface area contributed by atoms with Crippen LogP contribution in [0.2, 0.25) is 5.02 Å². The average molecular weight is 237 g/mol. The highest BCUT2D eigenvalue weighted by Crippen LogP contribution is 2.30. The summed E-state index contributed by atoms with van der Waals surface area (Å²) in [7, 11) is 1.57. The van der Waals surface area contributed by atoms with Gasteiger partial charge in [-0.25, -0.2) is 5.10 Å². The molecule has 2 aromatic rings. The second kappa shape index (κ2) is 4.37. The number of ether oxygens (including phenoxy) is 1. The molecule has 1 heterocycles. The molecule has 0 radical (unpaired) electrons. The van der Waals surface area contributed by atoms with Crippen molar-refractivity contribution in [2.75, 3.05) is 7.11 Å². The molecule has 0 saturated heterocycles. The Kier molecular flexibility index (Phi) is 2.92. The van der Waals surface area contributed by atoms with Crippen LogP contribution in [0.5, 0.6) is 5.75 Å². The number of hydrogen-bond acceptors (Lipinski definition) is 3. The fourth-order valence-corrected chi connectivity index (χ4v) is 1.55. The van der Waals surface area contributed by atoms with E-state index in [0.717, 1.165) is 5.56 Å². The van der Waals surface area contributed by atoms with Crippen LogP contribution in [0.25, 0.3) is 11.3 Å². The van der Waals surface area contributed by atoms with Crippen molar-refractivity contribution in [3.8, 4) is 17.0 Å². The van der Waals surface area contributed by atoms with Crippen LogP contribution in [-0.2, 0) is 0 Å². The third kappa shape index (κ3) is 2.06. The first kappa shape index (κ1) is 10.7. The molecular formula is C11H9ClN2O2. The minimum Gasteiger partial charge on any atom is -0.496 e. The zero-order valence-electron chi connectivity index (χ0n) is 8.53. The SMILES string of the molecule is COc1ccc(Cl)cc1-c1ccc(=O)[nH]n1. The fourth-order valence-electron chi connectivity index (χ4n) is 1.37. The molecule has 0 atom stereocenters. The fraction of sp³-hybridized carbons (Fsp3) is 0.0909. The van der Waals surface area contributed by atoms with E-state index in [1.807, 2.05) is 0 Å². The van der Waals surface area contributed by atoms with Crippen LogP contribution in [0, 0.1) is 0 Å². The Morgan fingerprint density at radius 3 is 2.75 bits per heavy atom. The molecule has 5 heteroatoms. The molecule has 1 aromatic heterocycles. The van der Waals surface area contributed by atoms with Crippen LogP contribution in [0.3, 0.4) is 0 Å². The van der Waals surface area contributed by atoms with Crippen molar-refractivity contribution in [2.45, 2.75) is 0 Å². The van der Waals surface area contributed by atoms with Gasteiger partial charge in [-0.05, 0) is 24.3 Å². The van der Waals surface area contributed by atoms with Gasteiger partial charge in [0.15, 0.2) is 0 Å². The lowest BCUT2D eigenvalue weighted by atomic mass is 10.1. The number of nitrogens with zero attached hydrogens (tertiary/aromatic N) is 1. The van der Waals surface area contributed by atoms with Crippen LogP contribution in [0.1, 0.15) is 0 Å². The van der Waals surface area contributed by atoms with Crippen LogP contribution in [0.4, 0.5) is 0 Å². The summed E-state index contributed by atoms with van der Waals surface area (Å²) >= 11 is 5.90. The Morgan fingerprint density at radius 1 is 1.31 bits per heavy atom. The van der Waals surface area contributed by atoms with E-state index in [9.17, 15) is 4.79 Å². The first-order chi connectivity index (χ1) is 7.70. The Morgan fingerprint density at radius 2 is 2.12 bits per heavy atom. The predicted molar refractivity (Wildman–Crippen MR) is 61.9 cm³/mol. The highest BCUT2D eigenvalue weighted by molar-refractivity contribution is 6.30. The molecule has 1 N–H and O–H groups in total. The molecule has 82 valence electrons. The quantitative estimate of drug-likeness (QED) is 0.869. The Hall–Kier alpha value is -1.81. The summed E-state index contributed by atoms with van der Waals surface area (Å²) in [6.45, 7) is 0. The predicted octanol–water partition coefficient (Wildman–Crippen LogP) is 2.10. The normalized spacial score (nSPS) is 10.1. The lowest BCUT2D eigenvalue weighted by Gasteiger charge is -2.07. The van der Waals surface area contributed by atoms with Crippen LogP contribution in [0.15, 0.2) is 35.1 Å². The van der Waals surface area contributed by atoms with Gasteiger partial charge in [-0.3, -0.25) is 4.79 Å². The summed E-state index contributed by atoms with van der Waals surface area (Å²) in [6.07, 6.45) is 0. The summed E-state index contributed by atoms with van der Waals surface area (Å²) in [4.78, 5) is 10.9. The summed E-state index contributed by atoms with van der Waals surface area (Å²) < 4.78 is 5.19. The van der Waals surface area contributed by atoms with E-state index in [1.54, 1.807) is 31.4 Å². The number of hydrogen-bond donors (Lipinski definition) is 1. The van der Waals surface area contributed by atoms with Crippen LogP contribution in [-0.4, -0.2) is 17.3 Å². The highest BCUT2D eigenvalue weighted by Gasteiger charge is 2.07. The molecule has 0 unspecified atom stereocenters. The molecule has 2 rings (SSSR count). The maximum Gasteiger partial charge on any atom is 0.264 e. The van der Waals surface area contributed by atoms with E-state index < -0.39 is 0 Å². The topological polar surface area (TPSA) is 55.0 Å². The number of aromatic nitrogens is 2. The molecule has 16 heavy (non-hydrogen) atoms. The molecule has 0 amide bonds. The Balaban J connectivity index is 2.57. The number of methoxy groups -OCH3 is 1.